The number of carbonyl (C=O) groups is 1. The second kappa shape index (κ2) is 5.11. The molecule has 1 aromatic carbocycles. The normalized spacial score (nSPS) is 11.8. The van der Waals surface area contributed by atoms with Crippen LogP contribution in [0.5, 0.6) is 0 Å². The Morgan fingerprint density at radius 2 is 2.07 bits per heavy atom. The average molecular weight is 206 g/mol. The van der Waals surface area contributed by atoms with E-state index in [0.29, 0.717) is 6.42 Å². The van der Waals surface area contributed by atoms with Gasteiger partial charge < -0.3 is 21.6 Å². The van der Waals surface area contributed by atoms with Crippen LogP contribution >= 0.6 is 0 Å². The Labute approximate surface area is 88.0 Å². The molecule has 0 saturated carbocycles. The first-order valence-electron chi connectivity index (χ1n) is 4.52. The lowest BCUT2D eigenvalue weighted by atomic mass is 10.1. The van der Waals surface area contributed by atoms with Gasteiger partial charge in [0, 0.05) is 5.69 Å². The molecule has 0 aliphatic heterocycles. The van der Waals surface area contributed by atoms with Gasteiger partial charge in [-0.1, -0.05) is 12.1 Å². The van der Waals surface area contributed by atoms with Gasteiger partial charge in [-0.25, -0.2) is 0 Å². The number of nitrogens with one attached hydrogen (secondary N) is 2. The van der Waals surface area contributed by atoms with Gasteiger partial charge in [0.25, 0.3) is 0 Å². The van der Waals surface area contributed by atoms with Crippen LogP contribution in [0.15, 0.2) is 24.3 Å². The first-order valence-corrected chi connectivity index (χ1v) is 4.52. The number of nitrogens with two attached hydrogens (primary N) is 2. The lowest BCUT2D eigenvalue weighted by molar-refractivity contribution is -0.108. The monoisotopic (exact) mass is 206 g/mol. The van der Waals surface area contributed by atoms with Crippen molar-refractivity contribution in [1.29, 1.82) is 5.41 Å². The average Bonchev–Trinajstić information content (AvgIpc) is 2.20. The van der Waals surface area contributed by atoms with Crippen LogP contribution in [0, 0.1) is 5.41 Å². The van der Waals surface area contributed by atoms with Crippen LogP contribution < -0.4 is 16.8 Å². The summed E-state index contributed by atoms with van der Waals surface area (Å²) in [5, 5.41) is 9.69. The molecule has 15 heavy (non-hydrogen) atoms. The molecule has 0 spiro atoms. The molecule has 5 heteroatoms. The summed E-state index contributed by atoms with van der Waals surface area (Å²) in [6, 6.07) is 6.79. The zero-order chi connectivity index (χ0) is 11.3. The molecular formula is C10H14N4O. The van der Waals surface area contributed by atoms with E-state index in [1.165, 1.54) is 0 Å². The highest BCUT2D eigenvalue weighted by Crippen LogP contribution is 2.09. The smallest absolute Gasteiger partial charge is 0.190 e. The van der Waals surface area contributed by atoms with Gasteiger partial charge in [-0.05, 0) is 24.1 Å². The number of rotatable bonds is 4. The highest BCUT2D eigenvalue weighted by Gasteiger charge is 2.01. The molecular weight excluding hydrogens is 192 g/mol. The van der Waals surface area contributed by atoms with Crippen molar-refractivity contribution in [3.63, 3.8) is 0 Å². The lowest BCUT2D eigenvalue weighted by Gasteiger charge is -2.06. The number of carbonyl (C=O) groups excluding carboxylic acids is 1. The molecule has 0 fully saturated rings. The number of benzene rings is 1. The molecule has 1 aromatic rings. The van der Waals surface area contributed by atoms with Crippen molar-refractivity contribution in [3.8, 4) is 0 Å². The second-order valence-electron chi connectivity index (χ2n) is 3.24. The summed E-state index contributed by atoms with van der Waals surface area (Å²) in [4.78, 5) is 10.3. The molecule has 0 radical (unpaired) electrons. The fourth-order valence-electron chi connectivity index (χ4n) is 1.20. The number of aldehydes is 1. The van der Waals surface area contributed by atoms with E-state index in [1.54, 1.807) is 12.1 Å². The zero-order valence-electron chi connectivity index (χ0n) is 8.23. The molecule has 6 N–H and O–H groups in total. The summed E-state index contributed by atoms with van der Waals surface area (Å²) < 4.78 is 0. The summed E-state index contributed by atoms with van der Waals surface area (Å²) in [6.45, 7) is 0. The van der Waals surface area contributed by atoms with Crippen molar-refractivity contribution in [2.24, 2.45) is 11.5 Å². The Kier molecular flexibility index (Phi) is 3.82. The number of hydrogen-bond donors (Lipinski definition) is 4. The number of anilines is 1. The van der Waals surface area contributed by atoms with Crippen LogP contribution in [-0.2, 0) is 11.2 Å². The molecule has 0 saturated heterocycles. The van der Waals surface area contributed by atoms with E-state index >= 15 is 0 Å². The van der Waals surface area contributed by atoms with Crippen molar-refractivity contribution in [2.75, 3.05) is 5.32 Å². The topological polar surface area (TPSA) is 105 Å². The van der Waals surface area contributed by atoms with E-state index in [0.717, 1.165) is 17.5 Å². The van der Waals surface area contributed by atoms with E-state index in [2.05, 4.69) is 5.32 Å². The molecule has 0 heterocycles. The molecule has 80 valence electrons. The fourth-order valence-corrected chi connectivity index (χ4v) is 1.20. The molecule has 0 unspecified atom stereocenters. The Hall–Kier alpha value is -1.88. The number of hydrogen-bond acceptors (Lipinski definition) is 3. The molecule has 0 aliphatic rings. The van der Waals surface area contributed by atoms with Crippen LogP contribution in [0.1, 0.15) is 5.56 Å². The molecule has 1 atom stereocenters. The van der Waals surface area contributed by atoms with E-state index in [-0.39, 0.29) is 5.96 Å². The van der Waals surface area contributed by atoms with Crippen LogP contribution in [-0.4, -0.2) is 18.3 Å². The van der Waals surface area contributed by atoms with Crippen LogP contribution in [0.2, 0.25) is 0 Å². The van der Waals surface area contributed by atoms with Crippen molar-refractivity contribution in [2.45, 2.75) is 12.5 Å². The molecule has 0 aromatic heterocycles. The minimum atomic E-state index is -0.461. The summed E-state index contributed by atoms with van der Waals surface area (Å²) >= 11 is 0. The van der Waals surface area contributed by atoms with E-state index < -0.39 is 6.04 Å². The maximum atomic E-state index is 10.3. The maximum absolute atomic E-state index is 10.3. The van der Waals surface area contributed by atoms with Crippen molar-refractivity contribution in [1.82, 2.24) is 0 Å². The van der Waals surface area contributed by atoms with Crippen LogP contribution in [0.25, 0.3) is 0 Å². The van der Waals surface area contributed by atoms with Gasteiger partial charge in [0.2, 0.25) is 0 Å². The predicted molar refractivity (Wildman–Crippen MR) is 59.7 cm³/mol. The van der Waals surface area contributed by atoms with Gasteiger partial charge in [0.15, 0.2) is 5.96 Å². The summed E-state index contributed by atoms with van der Waals surface area (Å²) in [7, 11) is 0. The van der Waals surface area contributed by atoms with E-state index in [1.807, 2.05) is 12.1 Å². The molecule has 0 amide bonds. The zero-order valence-corrected chi connectivity index (χ0v) is 8.23. The van der Waals surface area contributed by atoms with Crippen LogP contribution in [0.3, 0.4) is 0 Å². The summed E-state index contributed by atoms with van der Waals surface area (Å²) in [6.07, 6.45) is 1.24. The van der Waals surface area contributed by atoms with Gasteiger partial charge in [0.1, 0.15) is 6.29 Å². The molecule has 1 rings (SSSR count). The van der Waals surface area contributed by atoms with Crippen molar-refractivity contribution < 1.29 is 4.79 Å². The van der Waals surface area contributed by atoms with Gasteiger partial charge in [-0.3, -0.25) is 5.41 Å². The third-order valence-electron chi connectivity index (χ3n) is 1.88. The molecule has 0 aliphatic carbocycles. The van der Waals surface area contributed by atoms with Gasteiger partial charge in [0.05, 0.1) is 6.04 Å². The van der Waals surface area contributed by atoms with Gasteiger partial charge >= 0.3 is 0 Å². The Bertz CT molecular complexity index is 347. The molecule has 0 bridgehead atoms. The SMILES string of the molecule is N=C(N)Nc1ccc(C[C@H](N)C=O)cc1. The Balaban J connectivity index is 2.63. The minimum absolute atomic E-state index is 0.104. The highest BCUT2D eigenvalue weighted by atomic mass is 16.1. The Morgan fingerprint density at radius 3 is 2.53 bits per heavy atom. The molecule has 5 nitrogen and oxygen atoms in total. The standard InChI is InChI=1S/C10H14N4O/c11-8(6-15)5-7-1-3-9(4-2-7)14-10(12)13/h1-4,6,8H,5,11H2,(H4,12,13,14)/t8-/m0/s1. The quantitative estimate of drug-likeness (QED) is 0.317. The predicted octanol–water partition coefficient (Wildman–Crippen LogP) is 0.0607. The third-order valence-corrected chi connectivity index (χ3v) is 1.88. The second-order valence-corrected chi connectivity index (χ2v) is 3.24. The van der Waals surface area contributed by atoms with E-state index in [4.69, 9.17) is 16.9 Å². The number of guanidine groups is 1. The minimum Gasteiger partial charge on any atom is -0.370 e. The summed E-state index contributed by atoms with van der Waals surface area (Å²) in [5.41, 5.74) is 12.4. The Morgan fingerprint density at radius 1 is 1.47 bits per heavy atom. The van der Waals surface area contributed by atoms with Gasteiger partial charge in [-0.2, -0.15) is 0 Å². The first kappa shape index (κ1) is 11.2. The largest absolute Gasteiger partial charge is 0.370 e. The van der Waals surface area contributed by atoms with Gasteiger partial charge in [-0.15, -0.1) is 0 Å². The lowest BCUT2D eigenvalue weighted by Crippen LogP contribution is -2.24. The van der Waals surface area contributed by atoms with Crippen molar-refractivity contribution in [3.05, 3.63) is 29.8 Å². The van der Waals surface area contributed by atoms with E-state index in [9.17, 15) is 4.79 Å². The third kappa shape index (κ3) is 3.78. The van der Waals surface area contributed by atoms with Crippen molar-refractivity contribution >= 4 is 17.9 Å². The van der Waals surface area contributed by atoms with Crippen LogP contribution in [0.4, 0.5) is 5.69 Å². The maximum Gasteiger partial charge on any atom is 0.190 e. The highest BCUT2D eigenvalue weighted by molar-refractivity contribution is 5.89. The summed E-state index contributed by atoms with van der Waals surface area (Å²) in [5.74, 6) is -0.104. The fraction of sp³-hybridized carbons (Fsp3) is 0.200. The first-order chi connectivity index (χ1) is 7.11.